The second-order valence-electron chi connectivity index (χ2n) is 18.0. The maximum absolute atomic E-state index is 15.7. The molecule has 52 heavy (non-hydrogen) atoms. The molecule has 3 aliphatic rings. The summed E-state index contributed by atoms with van der Waals surface area (Å²) in [6, 6.07) is 8.96. The summed E-state index contributed by atoms with van der Waals surface area (Å²) in [6.07, 6.45) is 0.488. The molecule has 0 saturated heterocycles. The highest BCUT2D eigenvalue weighted by molar-refractivity contribution is 7.96. The number of carbonyl (C=O) groups excluding carboxylic acids is 1. The quantitative estimate of drug-likeness (QED) is 0.146. The van der Waals surface area contributed by atoms with Gasteiger partial charge in [-0.3, -0.25) is 4.79 Å². The molecule has 10 heteroatoms. The average molecular weight is 756 g/mol. The molecule has 6 atom stereocenters. The SMILES string of the molecule is COc1cc(OC)c([C@@H](O)[C@H]2C[C@H]3C[C@@H](/C2=C/[S@](=O)(=N[C@@H](CO[Si](C)(C)C(C)(C)C)C(C)C)c2ccc(C)cc2)C3(C)C)c(O)c1C(=O)CC(C)C. The van der Waals surface area contributed by atoms with Crippen molar-refractivity contribution in [2.24, 2.45) is 39.4 Å². The number of ether oxygens (including phenoxy) is 2. The van der Waals surface area contributed by atoms with Crippen LogP contribution in [0.4, 0.5) is 0 Å². The Morgan fingerprint density at radius 1 is 1.06 bits per heavy atom. The number of fused-ring (bicyclic) bond motifs is 2. The van der Waals surface area contributed by atoms with Crippen molar-refractivity contribution >= 4 is 23.8 Å². The van der Waals surface area contributed by atoms with Crippen LogP contribution in [0.1, 0.15) is 109 Å². The van der Waals surface area contributed by atoms with E-state index in [0.29, 0.717) is 23.8 Å². The van der Waals surface area contributed by atoms with Gasteiger partial charge in [0.15, 0.2) is 14.1 Å². The fourth-order valence-corrected chi connectivity index (χ4v) is 10.8. The minimum Gasteiger partial charge on any atom is -0.507 e. The smallest absolute Gasteiger partial charge is 0.192 e. The molecule has 0 amide bonds. The number of carbonyl (C=O) groups is 1. The lowest BCUT2D eigenvalue weighted by molar-refractivity contribution is -0.0711. The molecule has 3 saturated carbocycles. The lowest BCUT2D eigenvalue weighted by Crippen LogP contribution is -2.53. The van der Waals surface area contributed by atoms with Gasteiger partial charge in [0.2, 0.25) is 0 Å². The zero-order chi connectivity index (χ0) is 39.1. The highest BCUT2D eigenvalue weighted by Gasteiger charge is 2.57. The van der Waals surface area contributed by atoms with Gasteiger partial charge in [0.05, 0.1) is 53.2 Å². The van der Waals surface area contributed by atoms with Crippen molar-refractivity contribution in [3.05, 3.63) is 58.0 Å². The lowest BCUT2D eigenvalue weighted by Gasteiger charge is -2.60. The number of hydrogen-bond donors (Lipinski definition) is 2. The van der Waals surface area contributed by atoms with E-state index >= 15 is 4.21 Å². The molecule has 2 bridgehead atoms. The van der Waals surface area contributed by atoms with E-state index in [0.717, 1.165) is 17.6 Å². The summed E-state index contributed by atoms with van der Waals surface area (Å²) >= 11 is 0. The molecule has 0 spiro atoms. The number of benzene rings is 2. The molecule has 0 unspecified atom stereocenters. The zero-order valence-corrected chi connectivity index (χ0v) is 35.9. The number of aryl methyl sites for hydroxylation is 1. The van der Waals surface area contributed by atoms with Crippen LogP contribution in [0.2, 0.25) is 18.1 Å². The van der Waals surface area contributed by atoms with E-state index in [9.17, 15) is 15.0 Å². The Labute approximate surface area is 315 Å². The zero-order valence-electron chi connectivity index (χ0n) is 34.1. The van der Waals surface area contributed by atoms with Crippen LogP contribution in [-0.4, -0.2) is 55.4 Å². The van der Waals surface area contributed by atoms with Gasteiger partial charge in [-0.25, -0.2) is 8.57 Å². The lowest BCUT2D eigenvalue weighted by atomic mass is 9.44. The third-order valence-electron chi connectivity index (χ3n) is 12.2. The average Bonchev–Trinajstić information content (AvgIpc) is 3.04. The van der Waals surface area contributed by atoms with Gasteiger partial charge in [-0.05, 0) is 79.1 Å². The number of rotatable bonds is 14. The van der Waals surface area contributed by atoms with Crippen LogP contribution in [0.25, 0.3) is 0 Å². The number of aliphatic hydroxyl groups excluding tert-OH is 1. The van der Waals surface area contributed by atoms with Crippen LogP contribution in [0.15, 0.2) is 50.6 Å². The van der Waals surface area contributed by atoms with Gasteiger partial charge in [-0.15, -0.1) is 0 Å². The van der Waals surface area contributed by atoms with Crippen molar-refractivity contribution in [2.45, 2.75) is 124 Å². The first-order chi connectivity index (χ1) is 24.0. The highest BCUT2D eigenvalue weighted by Crippen LogP contribution is 2.65. The molecule has 3 aliphatic carbocycles. The number of hydrogen-bond acceptors (Lipinski definition) is 8. The molecule has 2 aromatic rings. The number of methoxy groups -OCH3 is 2. The first-order valence-corrected chi connectivity index (χ1v) is 23.3. The molecule has 2 N–H and O–H groups in total. The normalized spacial score (nSPS) is 23.2. The van der Waals surface area contributed by atoms with Crippen LogP contribution in [0.3, 0.4) is 0 Å². The Bertz CT molecular complexity index is 1760. The summed E-state index contributed by atoms with van der Waals surface area (Å²) in [5.74, 6) is -0.209. The van der Waals surface area contributed by atoms with E-state index < -0.39 is 30.1 Å². The van der Waals surface area contributed by atoms with E-state index in [4.69, 9.17) is 18.3 Å². The van der Waals surface area contributed by atoms with Crippen molar-refractivity contribution in [2.75, 3.05) is 20.8 Å². The molecule has 0 aliphatic heterocycles. The van der Waals surface area contributed by atoms with E-state index in [-0.39, 0.29) is 74.8 Å². The molecular weight excluding hydrogens is 691 g/mol. The molecular formula is C42H65NO7SSi. The molecule has 2 aromatic carbocycles. The van der Waals surface area contributed by atoms with Crippen LogP contribution in [-0.2, 0) is 14.2 Å². The van der Waals surface area contributed by atoms with Gasteiger partial charge in [-0.1, -0.05) is 85.6 Å². The van der Waals surface area contributed by atoms with E-state index in [1.54, 1.807) is 6.07 Å². The largest absolute Gasteiger partial charge is 0.507 e. The first kappa shape index (κ1) is 42.1. The van der Waals surface area contributed by atoms with Crippen molar-refractivity contribution in [1.82, 2.24) is 0 Å². The second kappa shape index (κ2) is 15.6. The number of ketones is 1. The van der Waals surface area contributed by atoms with Gasteiger partial charge in [0.25, 0.3) is 0 Å². The van der Waals surface area contributed by atoms with E-state index in [2.05, 4.69) is 61.6 Å². The van der Waals surface area contributed by atoms with Gasteiger partial charge in [0.1, 0.15) is 22.8 Å². The number of phenolic OH excluding ortho intramolecular Hbond substituents is 1. The first-order valence-electron chi connectivity index (χ1n) is 18.9. The minimum atomic E-state index is -3.19. The molecule has 290 valence electrons. The van der Waals surface area contributed by atoms with Crippen LogP contribution < -0.4 is 9.47 Å². The molecule has 3 fully saturated rings. The van der Waals surface area contributed by atoms with E-state index in [1.165, 1.54) is 14.2 Å². The predicted octanol–water partition coefficient (Wildman–Crippen LogP) is 10.1. The Hall–Kier alpha value is -2.66. The van der Waals surface area contributed by atoms with Crippen LogP contribution >= 0.6 is 0 Å². The topological polar surface area (TPSA) is 115 Å². The maximum atomic E-state index is 15.7. The van der Waals surface area contributed by atoms with Gasteiger partial charge in [0, 0.05) is 23.8 Å². The van der Waals surface area contributed by atoms with Gasteiger partial charge < -0.3 is 24.1 Å². The minimum absolute atomic E-state index is 0.0139. The number of phenols is 1. The molecule has 0 radical (unpaired) electrons. The number of Topliss-reactive ketones (excluding diaryl/α,β-unsaturated/α-hetero) is 1. The molecule has 0 heterocycles. The number of aliphatic hydroxyl groups is 1. The Kier molecular flexibility index (Phi) is 12.6. The summed E-state index contributed by atoms with van der Waals surface area (Å²) in [5, 5.41) is 26.1. The fourth-order valence-electron chi connectivity index (χ4n) is 7.49. The molecule has 5 rings (SSSR count). The second-order valence-corrected chi connectivity index (χ2v) is 24.9. The van der Waals surface area contributed by atoms with Crippen LogP contribution in [0, 0.1) is 41.9 Å². The summed E-state index contributed by atoms with van der Waals surface area (Å²) in [6.45, 7) is 26.0. The monoisotopic (exact) mass is 755 g/mol. The fraction of sp³-hybridized carbons (Fsp3) is 0.643. The Morgan fingerprint density at radius 3 is 2.15 bits per heavy atom. The van der Waals surface area contributed by atoms with Gasteiger partial charge in [-0.2, -0.15) is 0 Å². The molecule has 0 aromatic heterocycles. The third-order valence-corrected chi connectivity index (χ3v) is 18.9. The van der Waals surface area contributed by atoms with Crippen molar-refractivity contribution in [3.63, 3.8) is 0 Å². The van der Waals surface area contributed by atoms with Gasteiger partial charge >= 0.3 is 0 Å². The summed E-state index contributed by atoms with van der Waals surface area (Å²) < 4.78 is 38.9. The van der Waals surface area contributed by atoms with Crippen molar-refractivity contribution in [3.8, 4) is 17.2 Å². The van der Waals surface area contributed by atoms with Crippen LogP contribution in [0.5, 0.6) is 17.2 Å². The Balaban J connectivity index is 1.95. The standard InChI is InChI=1S/C42H65NO7SSi/c1-25(2)19-34(44)37-35(48-11)22-36(49-12)38(40(37)46)39(45)30-20-28-21-32(42(28,9)10)31(30)24-51(47,29-17-15-27(5)16-18-29)43-33(26(3)4)23-50-52(13,14)41(6,7)8/h15-18,22,24-26,28,30,32-33,39,45-46H,19-21,23H2,1-14H3/b31-24+/t28-,30-,32-,33-,39-,51+/m0/s1. The number of nitrogens with zero attached hydrogens (tertiary/aromatic N) is 1. The van der Waals surface area contributed by atoms with E-state index in [1.807, 2.05) is 50.4 Å². The summed E-state index contributed by atoms with van der Waals surface area (Å²) in [5.41, 5.74) is 2.03. The highest BCUT2D eigenvalue weighted by atomic mass is 32.2. The number of aromatic hydroxyl groups is 1. The van der Waals surface area contributed by atoms with Crippen molar-refractivity contribution < 1.29 is 33.1 Å². The predicted molar refractivity (Wildman–Crippen MR) is 213 cm³/mol. The summed E-state index contributed by atoms with van der Waals surface area (Å²) in [4.78, 5) is 14.1. The summed E-state index contributed by atoms with van der Waals surface area (Å²) in [7, 11) is -2.39. The van der Waals surface area contributed by atoms with Crippen molar-refractivity contribution in [1.29, 1.82) is 0 Å². The third kappa shape index (κ3) is 8.35. The maximum Gasteiger partial charge on any atom is 0.192 e. The molecule has 8 nitrogen and oxygen atoms in total. The Morgan fingerprint density at radius 2 is 1.65 bits per heavy atom.